The van der Waals surface area contributed by atoms with Crippen molar-refractivity contribution in [2.45, 2.75) is 25.3 Å². The maximum atomic E-state index is 13.9. The van der Waals surface area contributed by atoms with Crippen LogP contribution in [-0.4, -0.2) is 29.9 Å². The Kier molecular flexibility index (Phi) is 3.82. The fourth-order valence-corrected chi connectivity index (χ4v) is 4.01. The molecule has 0 radical (unpaired) electrons. The maximum Gasteiger partial charge on any atom is 0.258 e. The maximum absolute atomic E-state index is 13.9. The van der Waals surface area contributed by atoms with Gasteiger partial charge >= 0.3 is 0 Å². The summed E-state index contributed by atoms with van der Waals surface area (Å²) in [5.41, 5.74) is 6.15. The van der Waals surface area contributed by atoms with Crippen molar-refractivity contribution in [1.29, 1.82) is 0 Å². The number of nitrogens with two attached hydrogens (primary N) is 1. The fourth-order valence-electron chi connectivity index (χ4n) is 3.49. The van der Waals surface area contributed by atoms with Crippen molar-refractivity contribution in [2.24, 2.45) is 17.6 Å². The lowest BCUT2D eigenvalue weighted by molar-refractivity contribution is 0.0778. The molecule has 108 valence electrons. The predicted octanol–water partition coefficient (Wildman–Crippen LogP) is 2.79. The number of rotatable bonds is 1. The lowest BCUT2D eigenvalue weighted by atomic mass is 9.79. The largest absolute Gasteiger partial charge is 0.338 e. The Balaban J connectivity index is 1.79. The van der Waals surface area contributed by atoms with E-state index >= 15 is 0 Å². The van der Waals surface area contributed by atoms with Crippen molar-refractivity contribution >= 4 is 21.8 Å². The number of fused-ring (bicyclic) bond motifs is 1. The van der Waals surface area contributed by atoms with Crippen LogP contribution in [0, 0.1) is 17.7 Å². The number of hydrogen-bond acceptors (Lipinski definition) is 2. The first-order chi connectivity index (χ1) is 9.56. The molecule has 1 aliphatic heterocycles. The first kappa shape index (κ1) is 14.0. The molecule has 1 saturated carbocycles. The molecule has 1 aliphatic carbocycles. The first-order valence-corrected chi connectivity index (χ1v) is 7.84. The molecule has 1 heterocycles. The summed E-state index contributed by atoms with van der Waals surface area (Å²) in [6, 6.07) is 4.89. The molecule has 5 heteroatoms. The minimum Gasteiger partial charge on any atom is -0.338 e. The van der Waals surface area contributed by atoms with E-state index in [2.05, 4.69) is 15.9 Å². The minimum absolute atomic E-state index is 0.149. The molecular formula is C15H18BrFN2O. The van der Waals surface area contributed by atoms with Gasteiger partial charge in [0, 0.05) is 23.6 Å². The second kappa shape index (κ2) is 5.45. The van der Waals surface area contributed by atoms with Crippen LogP contribution in [0.1, 0.15) is 29.6 Å². The van der Waals surface area contributed by atoms with Gasteiger partial charge in [-0.05, 0) is 59.2 Å². The lowest BCUT2D eigenvalue weighted by Crippen LogP contribution is -2.32. The molecule has 2 fully saturated rings. The summed E-state index contributed by atoms with van der Waals surface area (Å²) >= 11 is 3.27. The summed E-state index contributed by atoms with van der Waals surface area (Å²) in [6.45, 7) is 1.44. The summed E-state index contributed by atoms with van der Waals surface area (Å²) in [7, 11) is 0. The van der Waals surface area contributed by atoms with Crippen LogP contribution in [0.3, 0.4) is 0 Å². The zero-order valence-electron chi connectivity index (χ0n) is 11.2. The van der Waals surface area contributed by atoms with E-state index in [-0.39, 0.29) is 17.5 Å². The van der Waals surface area contributed by atoms with Gasteiger partial charge in [0.2, 0.25) is 0 Å². The Morgan fingerprint density at radius 2 is 2.05 bits per heavy atom. The standard InChI is InChI=1S/C15H18BrFN2O/c16-12-2-1-3-13(17)14(12)15(20)19-7-9-4-5-11(18)6-10(9)8-19/h1-3,9-11H,4-8,18H2/t9-,10+,11?/m1/s1. The SMILES string of the molecule is NC1CC[C@@H]2CN(C(=O)c3c(F)cccc3Br)C[C@@H]2C1. The molecule has 0 spiro atoms. The van der Waals surface area contributed by atoms with E-state index in [0.717, 1.165) is 25.8 Å². The normalized spacial score (nSPS) is 29.4. The molecule has 1 aromatic rings. The zero-order valence-corrected chi connectivity index (χ0v) is 12.8. The molecule has 2 aliphatic rings. The minimum atomic E-state index is -0.462. The van der Waals surface area contributed by atoms with Crippen LogP contribution in [0.5, 0.6) is 0 Å². The third kappa shape index (κ3) is 2.49. The first-order valence-electron chi connectivity index (χ1n) is 7.05. The Morgan fingerprint density at radius 3 is 2.80 bits per heavy atom. The number of carbonyl (C=O) groups is 1. The number of nitrogens with zero attached hydrogens (tertiary/aromatic N) is 1. The van der Waals surface area contributed by atoms with E-state index in [1.165, 1.54) is 6.07 Å². The number of likely N-dealkylation sites (tertiary alicyclic amines) is 1. The van der Waals surface area contributed by atoms with Crippen LogP contribution in [0.25, 0.3) is 0 Å². The van der Waals surface area contributed by atoms with E-state index in [1.54, 1.807) is 17.0 Å². The molecule has 20 heavy (non-hydrogen) atoms. The third-order valence-corrected chi connectivity index (χ3v) is 5.21. The Morgan fingerprint density at radius 1 is 1.30 bits per heavy atom. The topological polar surface area (TPSA) is 46.3 Å². The van der Waals surface area contributed by atoms with E-state index < -0.39 is 5.82 Å². The van der Waals surface area contributed by atoms with Gasteiger partial charge in [0.05, 0.1) is 5.56 Å². The number of hydrogen-bond donors (Lipinski definition) is 1. The number of benzene rings is 1. The molecule has 3 nitrogen and oxygen atoms in total. The van der Waals surface area contributed by atoms with E-state index in [0.29, 0.717) is 22.9 Å². The van der Waals surface area contributed by atoms with E-state index in [1.807, 2.05) is 0 Å². The van der Waals surface area contributed by atoms with Gasteiger partial charge in [0.1, 0.15) is 5.82 Å². The van der Waals surface area contributed by atoms with Crippen LogP contribution in [0.2, 0.25) is 0 Å². The molecule has 1 unspecified atom stereocenters. The average molecular weight is 341 g/mol. The van der Waals surface area contributed by atoms with Gasteiger partial charge in [-0.3, -0.25) is 4.79 Å². The highest BCUT2D eigenvalue weighted by Crippen LogP contribution is 2.36. The second-order valence-corrected chi connectivity index (χ2v) is 6.75. The van der Waals surface area contributed by atoms with Gasteiger partial charge in [0.25, 0.3) is 5.91 Å². The molecule has 0 aromatic heterocycles. The van der Waals surface area contributed by atoms with Gasteiger partial charge in [-0.25, -0.2) is 4.39 Å². The van der Waals surface area contributed by atoms with E-state index in [9.17, 15) is 9.18 Å². The summed E-state index contributed by atoms with van der Waals surface area (Å²) in [5.74, 6) is 0.339. The molecule has 3 atom stereocenters. The number of carbonyl (C=O) groups excluding carboxylic acids is 1. The van der Waals surface area contributed by atoms with E-state index in [4.69, 9.17) is 5.73 Å². The lowest BCUT2D eigenvalue weighted by Gasteiger charge is -2.27. The number of halogens is 2. The second-order valence-electron chi connectivity index (χ2n) is 5.90. The van der Waals surface area contributed by atoms with Crippen molar-refractivity contribution in [1.82, 2.24) is 4.90 Å². The highest BCUT2D eigenvalue weighted by atomic mass is 79.9. The fraction of sp³-hybridized carbons (Fsp3) is 0.533. The van der Waals surface area contributed by atoms with Crippen LogP contribution >= 0.6 is 15.9 Å². The molecule has 1 saturated heterocycles. The average Bonchev–Trinajstić information content (AvgIpc) is 2.81. The van der Waals surface area contributed by atoms with Gasteiger partial charge in [0.15, 0.2) is 0 Å². The Bertz CT molecular complexity index is 516. The smallest absolute Gasteiger partial charge is 0.258 e. The van der Waals surface area contributed by atoms with Crippen molar-refractivity contribution < 1.29 is 9.18 Å². The van der Waals surface area contributed by atoms with Crippen LogP contribution in [0.4, 0.5) is 4.39 Å². The third-order valence-electron chi connectivity index (χ3n) is 4.55. The molecule has 2 N–H and O–H groups in total. The molecule has 0 bridgehead atoms. The monoisotopic (exact) mass is 340 g/mol. The van der Waals surface area contributed by atoms with Gasteiger partial charge in [-0.15, -0.1) is 0 Å². The summed E-state index contributed by atoms with van der Waals surface area (Å²) in [5, 5.41) is 0. The number of amides is 1. The van der Waals surface area contributed by atoms with Crippen LogP contribution in [-0.2, 0) is 0 Å². The summed E-state index contributed by atoms with van der Waals surface area (Å²) in [4.78, 5) is 14.3. The van der Waals surface area contributed by atoms with Crippen molar-refractivity contribution in [3.05, 3.63) is 34.1 Å². The molecular weight excluding hydrogens is 323 g/mol. The predicted molar refractivity (Wildman–Crippen MR) is 78.8 cm³/mol. The van der Waals surface area contributed by atoms with Gasteiger partial charge < -0.3 is 10.6 Å². The van der Waals surface area contributed by atoms with Crippen molar-refractivity contribution in [3.8, 4) is 0 Å². The molecule has 1 aromatic carbocycles. The van der Waals surface area contributed by atoms with Crippen molar-refractivity contribution in [2.75, 3.05) is 13.1 Å². The highest BCUT2D eigenvalue weighted by Gasteiger charge is 2.39. The highest BCUT2D eigenvalue weighted by molar-refractivity contribution is 9.10. The van der Waals surface area contributed by atoms with Crippen LogP contribution in [0.15, 0.2) is 22.7 Å². The van der Waals surface area contributed by atoms with Crippen LogP contribution < -0.4 is 5.73 Å². The van der Waals surface area contributed by atoms with Gasteiger partial charge in [-0.2, -0.15) is 0 Å². The zero-order chi connectivity index (χ0) is 14.3. The Labute approximate surface area is 126 Å². The van der Waals surface area contributed by atoms with Crippen molar-refractivity contribution in [3.63, 3.8) is 0 Å². The molecule has 1 amide bonds. The van der Waals surface area contributed by atoms with Gasteiger partial charge in [-0.1, -0.05) is 6.07 Å². The molecule has 3 rings (SSSR count). The Hall–Kier alpha value is -0.940. The summed E-state index contributed by atoms with van der Waals surface area (Å²) in [6.07, 6.45) is 3.09. The quantitative estimate of drug-likeness (QED) is 0.854. The summed E-state index contributed by atoms with van der Waals surface area (Å²) < 4.78 is 14.4.